The van der Waals surface area contributed by atoms with Crippen LogP contribution in [0.25, 0.3) is 6.08 Å². The van der Waals surface area contributed by atoms with Crippen molar-refractivity contribution in [3.63, 3.8) is 0 Å². The zero-order valence-corrected chi connectivity index (χ0v) is 13.4. The van der Waals surface area contributed by atoms with E-state index in [4.69, 9.17) is 0 Å². The summed E-state index contributed by atoms with van der Waals surface area (Å²) in [6.45, 7) is 1.98. The van der Waals surface area contributed by atoms with Crippen molar-refractivity contribution in [2.45, 2.75) is 13.3 Å². The highest BCUT2D eigenvalue weighted by Gasteiger charge is 2.07. The minimum Gasteiger partial charge on any atom is -0.211 e. The largest absolute Gasteiger partial charge is 0.233 e. The first-order chi connectivity index (χ1) is 10.9. The standard InChI is InChI=1S/C17H17F2NO2S/c1-13-2-4-14(5-3-13)9-11-23(21,22)20-10-8-15-6-7-16(18)12-17(15)19/h2-7,9,11-12,20H,8,10H2,1H3/b11-9+. The quantitative estimate of drug-likeness (QED) is 0.878. The van der Waals surface area contributed by atoms with Crippen LogP contribution in [-0.4, -0.2) is 15.0 Å². The highest BCUT2D eigenvalue weighted by atomic mass is 32.2. The predicted molar refractivity (Wildman–Crippen MR) is 87.2 cm³/mol. The van der Waals surface area contributed by atoms with E-state index in [0.717, 1.165) is 28.7 Å². The number of aryl methyl sites for hydroxylation is 1. The van der Waals surface area contributed by atoms with Gasteiger partial charge in [-0.15, -0.1) is 0 Å². The number of rotatable bonds is 6. The molecule has 0 fully saturated rings. The van der Waals surface area contributed by atoms with E-state index in [0.29, 0.717) is 0 Å². The Morgan fingerprint density at radius 3 is 2.43 bits per heavy atom. The molecule has 3 nitrogen and oxygen atoms in total. The Kier molecular flexibility index (Phi) is 5.63. The lowest BCUT2D eigenvalue weighted by atomic mass is 10.1. The van der Waals surface area contributed by atoms with E-state index in [1.165, 1.54) is 12.1 Å². The molecule has 1 N–H and O–H groups in total. The van der Waals surface area contributed by atoms with Crippen LogP contribution in [0.15, 0.2) is 47.9 Å². The van der Waals surface area contributed by atoms with Gasteiger partial charge in [0, 0.05) is 18.0 Å². The Labute approximate surface area is 134 Å². The van der Waals surface area contributed by atoms with Crippen molar-refractivity contribution < 1.29 is 17.2 Å². The van der Waals surface area contributed by atoms with Crippen LogP contribution in [0.2, 0.25) is 0 Å². The fourth-order valence-corrected chi connectivity index (χ4v) is 2.77. The summed E-state index contributed by atoms with van der Waals surface area (Å²) in [5.41, 5.74) is 2.12. The van der Waals surface area contributed by atoms with Gasteiger partial charge in [-0.05, 0) is 36.6 Å². The number of sulfonamides is 1. The zero-order chi connectivity index (χ0) is 16.9. The van der Waals surface area contributed by atoms with E-state index in [2.05, 4.69) is 4.72 Å². The number of hydrogen-bond acceptors (Lipinski definition) is 2. The molecule has 0 bridgehead atoms. The summed E-state index contributed by atoms with van der Waals surface area (Å²) in [5, 5.41) is 1.07. The number of benzene rings is 2. The summed E-state index contributed by atoms with van der Waals surface area (Å²) in [7, 11) is -3.61. The summed E-state index contributed by atoms with van der Waals surface area (Å²) in [4.78, 5) is 0. The van der Waals surface area contributed by atoms with Crippen LogP contribution in [0, 0.1) is 18.6 Å². The maximum Gasteiger partial charge on any atom is 0.233 e. The van der Waals surface area contributed by atoms with E-state index in [9.17, 15) is 17.2 Å². The highest BCUT2D eigenvalue weighted by Crippen LogP contribution is 2.10. The molecule has 0 aromatic heterocycles. The lowest BCUT2D eigenvalue weighted by molar-refractivity contribution is 0.567. The molecule has 0 heterocycles. The average Bonchev–Trinajstić information content (AvgIpc) is 2.49. The van der Waals surface area contributed by atoms with Crippen LogP contribution in [0.4, 0.5) is 8.78 Å². The van der Waals surface area contributed by atoms with E-state index in [1.807, 2.05) is 31.2 Å². The fourth-order valence-electron chi connectivity index (χ4n) is 1.95. The van der Waals surface area contributed by atoms with Gasteiger partial charge in [-0.25, -0.2) is 21.9 Å². The molecule has 0 aliphatic heterocycles. The van der Waals surface area contributed by atoms with Crippen molar-refractivity contribution in [1.29, 1.82) is 0 Å². The Morgan fingerprint density at radius 1 is 1.09 bits per heavy atom. The molecule has 0 spiro atoms. The van der Waals surface area contributed by atoms with Crippen LogP contribution >= 0.6 is 0 Å². The summed E-state index contributed by atoms with van der Waals surface area (Å²) in [6.07, 6.45) is 1.63. The predicted octanol–water partition coefficient (Wildman–Crippen LogP) is 3.41. The van der Waals surface area contributed by atoms with Crippen molar-refractivity contribution in [2.75, 3.05) is 6.54 Å². The molecule has 2 aromatic rings. The highest BCUT2D eigenvalue weighted by molar-refractivity contribution is 7.92. The molecule has 2 rings (SSSR count). The molecule has 0 unspecified atom stereocenters. The second kappa shape index (κ2) is 7.48. The molecule has 0 aliphatic carbocycles. The Morgan fingerprint density at radius 2 is 1.78 bits per heavy atom. The third-order valence-electron chi connectivity index (χ3n) is 3.23. The third kappa shape index (κ3) is 5.58. The van der Waals surface area contributed by atoms with Crippen LogP contribution in [-0.2, 0) is 16.4 Å². The van der Waals surface area contributed by atoms with Gasteiger partial charge in [0.15, 0.2) is 0 Å². The van der Waals surface area contributed by atoms with Gasteiger partial charge in [-0.3, -0.25) is 0 Å². The first-order valence-electron chi connectivity index (χ1n) is 7.04. The Bertz CT molecular complexity index is 800. The van der Waals surface area contributed by atoms with Crippen molar-refractivity contribution >= 4 is 16.1 Å². The Balaban J connectivity index is 1.92. The van der Waals surface area contributed by atoms with E-state index >= 15 is 0 Å². The van der Waals surface area contributed by atoms with E-state index < -0.39 is 21.7 Å². The van der Waals surface area contributed by atoms with E-state index in [-0.39, 0.29) is 18.5 Å². The van der Waals surface area contributed by atoms with Crippen molar-refractivity contribution in [2.24, 2.45) is 0 Å². The average molecular weight is 337 g/mol. The molecule has 23 heavy (non-hydrogen) atoms. The van der Waals surface area contributed by atoms with E-state index in [1.54, 1.807) is 0 Å². The van der Waals surface area contributed by atoms with Crippen molar-refractivity contribution in [1.82, 2.24) is 4.72 Å². The number of halogens is 2. The van der Waals surface area contributed by atoms with Crippen LogP contribution in [0.3, 0.4) is 0 Å². The number of nitrogens with one attached hydrogen (secondary N) is 1. The maximum atomic E-state index is 13.4. The molecule has 6 heteroatoms. The second-order valence-corrected chi connectivity index (χ2v) is 6.79. The molecular weight excluding hydrogens is 320 g/mol. The van der Waals surface area contributed by atoms with Gasteiger partial charge in [0.25, 0.3) is 0 Å². The van der Waals surface area contributed by atoms with Crippen molar-refractivity contribution in [3.05, 3.63) is 76.2 Å². The zero-order valence-electron chi connectivity index (χ0n) is 12.6. The maximum absolute atomic E-state index is 13.4. The topological polar surface area (TPSA) is 46.2 Å². The van der Waals surface area contributed by atoms with Crippen LogP contribution in [0.5, 0.6) is 0 Å². The van der Waals surface area contributed by atoms with Gasteiger partial charge in [0.05, 0.1) is 0 Å². The van der Waals surface area contributed by atoms with Gasteiger partial charge < -0.3 is 0 Å². The molecule has 2 aromatic carbocycles. The van der Waals surface area contributed by atoms with Gasteiger partial charge >= 0.3 is 0 Å². The SMILES string of the molecule is Cc1ccc(/C=C/S(=O)(=O)NCCc2ccc(F)cc2F)cc1. The monoisotopic (exact) mass is 337 g/mol. The summed E-state index contributed by atoms with van der Waals surface area (Å²) in [6, 6.07) is 10.6. The molecule has 0 radical (unpaired) electrons. The summed E-state index contributed by atoms with van der Waals surface area (Å²) < 4.78 is 52.3. The fraction of sp³-hybridized carbons (Fsp3) is 0.176. The summed E-state index contributed by atoms with van der Waals surface area (Å²) >= 11 is 0. The third-order valence-corrected chi connectivity index (χ3v) is 4.33. The molecule has 0 saturated carbocycles. The summed E-state index contributed by atoms with van der Waals surface area (Å²) in [5.74, 6) is -1.34. The second-order valence-electron chi connectivity index (χ2n) is 5.14. The van der Waals surface area contributed by atoms with Gasteiger partial charge in [-0.2, -0.15) is 0 Å². The molecule has 0 atom stereocenters. The number of hydrogen-bond donors (Lipinski definition) is 1. The van der Waals surface area contributed by atoms with Gasteiger partial charge in [0.1, 0.15) is 11.6 Å². The van der Waals surface area contributed by atoms with Crippen LogP contribution in [0.1, 0.15) is 16.7 Å². The normalized spacial score (nSPS) is 12.0. The van der Waals surface area contributed by atoms with Crippen molar-refractivity contribution in [3.8, 4) is 0 Å². The minimum absolute atomic E-state index is 0.0309. The molecular formula is C17H17F2NO2S. The smallest absolute Gasteiger partial charge is 0.211 e. The molecule has 122 valence electrons. The van der Waals surface area contributed by atoms with Gasteiger partial charge in [-0.1, -0.05) is 35.9 Å². The van der Waals surface area contributed by atoms with Crippen LogP contribution < -0.4 is 4.72 Å². The lowest BCUT2D eigenvalue weighted by Crippen LogP contribution is -2.24. The molecule has 0 amide bonds. The Hall–Kier alpha value is -2.05. The molecule has 0 saturated heterocycles. The van der Waals surface area contributed by atoms with Gasteiger partial charge in [0.2, 0.25) is 10.0 Å². The lowest BCUT2D eigenvalue weighted by Gasteiger charge is -2.05. The first kappa shape index (κ1) is 17.3. The minimum atomic E-state index is -3.61. The first-order valence-corrected chi connectivity index (χ1v) is 8.59. The molecule has 0 aliphatic rings.